The number of hydrogen-bond donors (Lipinski definition) is 1. The summed E-state index contributed by atoms with van der Waals surface area (Å²) in [7, 11) is 0. The third kappa shape index (κ3) is 3.30. The summed E-state index contributed by atoms with van der Waals surface area (Å²) in [5.74, 6) is 0.940. The lowest BCUT2D eigenvalue weighted by atomic mass is 10.2. The van der Waals surface area contributed by atoms with Crippen molar-refractivity contribution in [1.29, 1.82) is 0 Å². The molecule has 1 fully saturated rings. The van der Waals surface area contributed by atoms with Crippen LogP contribution in [0.25, 0.3) is 0 Å². The predicted octanol–water partition coefficient (Wildman–Crippen LogP) is 1.95. The zero-order valence-electron chi connectivity index (χ0n) is 11.1. The average molecular weight is 237 g/mol. The molecule has 2 rings (SSSR count). The summed E-state index contributed by atoms with van der Waals surface area (Å²) in [5, 5.41) is 3.55. The van der Waals surface area contributed by atoms with Gasteiger partial charge in [0.2, 0.25) is 0 Å². The Bertz CT molecular complexity index is 342. The average Bonchev–Trinajstić information content (AvgIpc) is 2.90. The molecule has 1 atom stereocenters. The lowest BCUT2D eigenvalue weighted by Gasteiger charge is -2.28. The summed E-state index contributed by atoms with van der Waals surface area (Å²) in [6.45, 7) is 9.62. The molecule has 1 aliphatic rings. The van der Waals surface area contributed by atoms with Crippen LogP contribution in [0.3, 0.4) is 0 Å². The van der Waals surface area contributed by atoms with Gasteiger partial charge in [0.25, 0.3) is 0 Å². The van der Waals surface area contributed by atoms with Crippen LogP contribution in [0.5, 0.6) is 0 Å². The van der Waals surface area contributed by atoms with E-state index in [0.29, 0.717) is 12.1 Å². The summed E-state index contributed by atoms with van der Waals surface area (Å²) in [6.07, 6.45) is 4.14. The van der Waals surface area contributed by atoms with Crippen molar-refractivity contribution in [2.75, 3.05) is 13.1 Å². The zero-order valence-corrected chi connectivity index (χ0v) is 11.1. The second-order valence-electron chi connectivity index (χ2n) is 5.17. The maximum Gasteiger partial charge on any atom is 0.181 e. The van der Waals surface area contributed by atoms with Crippen molar-refractivity contribution in [3.05, 3.63) is 17.8 Å². The molecule has 0 aromatic carbocycles. The van der Waals surface area contributed by atoms with Crippen molar-refractivity contribution in [2.45, 2.75) is 52.2 Å². The maximum atomic E-state index is 5.26. The lowest BCUT2D eigenvalue weighted by Crippen LogP contribution is -2.40. The smallest absolute Gasteiger partial charge is 0.181 e. The zero-order chi connectivity index (χ0) is 12.3. The lowest BCUT2D eigenvalue weighted by molar-refractivity contribution is 0.191. The highest BCUT2D eigenvalue weighted by Crippen LogP contribution is 2.14. The van der Waals surface area contributed by atoms with Crippen LogP contribution < -0.4 is 5.32 Å². The molecule has 1 unspecified atom stereocenters. The number of aromatic nitrogens is 1. The number of oxazole rings is 1. The van der Waals surface area contributed by atoms with Crippen LogP contribution in [-0.2, 0) is 6.54 Å². The van der Waals surface area contributed by atoms with Gasteiger partial charge in [0.1, 0.15) is 5.76 Å². The number of nitrogens with zero attached hydrogens (tertiary/aromatic N) is 2. The van der Waals surface area contributed by atoms with Gasteiger partial charge in [-0.3, -0.25) is 4.90 Å². The van der Waals surface area contributed by atoms with E-state index >= 15 is 0 Å². The summed E-state index contributed by atoms with van der Waals surface area (Å²) >= 11 is 0. The van der Waals surface area contributed by atoms with Gasteiger partial charge in [-0.25, -0.2) is 4.98 Å². The van der Waals surface area contributed by atoms with E-state index in [1.807, 2.05) is 6.92 Å². The number of hydrogen-bond acceptors (Lipinski definition) is 4. The van der Waals surface area contributed by atoms with Gasteiger partial charge in [0, 0.05) is 25.2 Å². The molecule has 0 radical (unpaired) electrons. The molecule has 4 nitrogen and oxygen atoms in total. The Morgan fingerprint density at radius 1 is 1.59 bits per heavy atom. The van der Waals surface area contributed by atoms with Gasteiger partial charge in [-0.1, -0.05) is 0 Å². The van der Waals surface area contributed by atoms with Gasteiger partial charge < -0.3 is 9.73 Å². The fourth-order valence-electron chi connectivity index (χ4n) is 2.33. The normalized spacial score (nSPS) is 20.6. The third-order valence-corrected chi connectivity index (χ3v) is 3.54. The molecule has 4 heteroatoms. The minimum Gasteiger partial charge on any atom is -0.448 e. The standard InChI is InChI=1S/C13H23N3O/c1-10(2)16(7-12-5-4-6-14-12)8-13-11(3)17-9-15-13/h9-10,12,14H,4-8H2,1-3H3. The minimum atomic E-state index is 0.536. The second-order valence-corrected chi connectivity index (χ2v) is 5.17. The Hall–Kier alpha value is -0.870. The van der Waals surface area contributed by atoms with Crippen LogP contribution in [0.2, 0.25) is 0 Å². The first-order valence-corrected chi connectivity index (χ1v) is 6.53. The van der Waals surface area contributed by atoms with Crippen molar-refractivity contribution in [2.24, 2.45) is 0 Å². The molecule has 0 saturated carbocycles. The molecule has 1 aliphatic heterocycles. The van der Waals surface area contributed by atoms with Crippen molar-refractivity contribution >= 4 is 0 Å². The van der Waals surface area contributed by atoms with Crippen LogP contribution >= 0.6 is 0 Å². The largest absolute Gasteiger partial charge is 0.448 e. The molecular formula is C13H23N3O. The van der Waals surface area contributed by atoms with E-state index in [2.05, 4.69) is 29.0 Å². The fraction of sp³-hybridized carbons (Fsp3) is 0.769. The van der Waals surface area contributed by atoms with E-state index in [-0.39, 0.29) is 0 Å². The van der Waals surface area contributed by atoms with Gasteiger partial charge in [-0.05, 0) is 40.2 Å². The van der Waals surface area contributed by atoms with E-state index in [0.717, 1.165) is 24.5 Å². The quantitative estimate of drug-likeness (QED) is 0.850. The van der Waals surface area contributed by atoms with Gasteiger partial charge in [0.15, 0.2) is 6.39 Å². The van der Waals surface area contributed by atoms with E-state index in [1.54, 1.807) is 0 Å². The monoisotopic (exact) mass is 237 g/mol. The van der Waals surface area contributed by atoms with E-state index < -0.39 is 0 Å². The van der Waals surface area contributed by atoms with Crippen LogP contribution in [0, 0.1) is 6.92 Å². The van der Waals surface area contributed by atoms with Crippen LogP contribution in [0.4, 0.5) is 0 Å². The Labute approximate surface area is 103 Å². The maximum absolute atomic E-state index is 5.26. The Kier molecular flexibility index (Phi) is 4.18. The molecule has 2 heterocycles. The summed E-state index contributed by atoms with van der Waals surface area (Å²) in [5.41, 5.74) is 1.07. The van der Waals surface area contributed by atoms with Crippen molar-refractivity contribution < 1.29 is 4.42 Å². The summed E-state index contributed by atoms with van der Waals surface area (Å²) in [6, 6.07) is 1.18. The third-order valence-electron chi connectivity index (χ3n) is 3.54. The first-order valence-electron chi connectivity index (χ1n) is 6.53. The molecule has 0 aliphatic carbocycles. The Morgan fingerprint density at radius 3 is 2.94 bits per heavy atom. The molecular weight excluding hydrogens is 214 g/mol. The van der Waals surface area contributed by atoms with Crippen LogP contribution in [0.15, 0.2) is 10.8 Å². The highest BCUT2D eigenvalue weighted by atomic mass is 16.3. The molecule has 1 aromatic rings. The van der Waals surface area contributed by atoms with Gasteiger partial charge in [-0.2, -0.15) is 0 Å². The Morgan fingerprint density at radius 2 is 2.41 bits per heavy atom. The SMILES string of the molecule is Cc1ocnc1CN(CC1CCCN1)C(C)C. The highest BCUT2D eigenvalue weighted by molar-refractivity contribution is 5.04. The Balaban J connectivity index is 1.95. The summed E-state index contributed by atoms with van der Waals surface area (Å²) < 4.78 is 5.26. The van der Waals surface area contributed by atoms with Gasteiger partial charge in [0.05, 0.1) is 5.69 Å². The van der Waals surface area contributed by atoms with E-state index in [1.165, 1.54) is 25.8 Å². The second kappa shape index (κ2) is 5.65. The molecule has 1 aromatic heterocycles. The topological polar surface area (TPSA) is 41.3 Å². The fourth-order valence-corrected chi connectivity index (χ4v) is 2.33. The minimum absolute atomic E-state index is 0.536. The molecule has 0 spiro atoms. The molecule has 1 saturated heterocycles. The molecule has 0 amide bonds. The van der Waals surface area contributed by atoms with Crippen molar-refractivity contribution in [1.82, 2.24) is 15.2 Å². The molecule has 1 N–H and O–H groups in total. The number of nitrogens with one attached hydrogen (secondary N) is 1. The molecule has 17 heavy (non-hydrogen) atoms. The summed E-state index contributed by atoms with van der Waals surface area (Å²) in [4.78, 5) is 6.75. The van der Waals surface area contributed by atoms with Gasteiger partial charge in [-0.15, -0.1) is 0 Å². The van der Waals surface area contributed by atoms with Crippen molar-refractivity contribution in [3.63, 3.8) is 0 Å². The van der Waals surface area contributed by atoms with Crippen molar-refractivity contribution in [3.8, 4) is 0 Å². The van der Waals surface area contributed by atoms with Crippen LogP contribution in [0.1, 0.15) is 38.1 Å². The van der Waals surface area contributed by atoms with Crippen LogP contribution in [-0.4, -0.2) is 35.1 Å². The van der Waals surface area contributed by atoms with E-state index in [4.69, 9.17) is 4.42 Å². The van der Waals surface area contributed by atoms with E-state index in [9.17, 15) is 0 Å². The molecule has 96 valence electrons. The molecule has 0 bridgehead atoms. The first kappa shape index (κ1) is 12.6. The number of rotatable bonds is 5. The van der Waals surface area contributed by atoms with Gasteiger partial charge >= 0.3 is 0 Å². The number of aryl methyl sites for hydroxylation is 1. The predicted molar refractivity (Wildman–Crippen MR) is 67.8 cm³/mol. The highest BCUT2D eigenvalue weighted by Gasteiger charge is 2.21. The first-order chi connectivity index (χ1) is 8.16.